The van der Waals surface area contributed by atoms with Crippen molar-refractivity contribution in [3.63, 3.8) is 0 Å². The van der Waals surface area contributed by atoms with E-state index in [0.717, 1.165) is 17.5 Å². The van der Waals surface area contributed by atoms with Crippen molar-refractivity contribution in [1.82, 2.24) is 9.97 Å². The Kier molecular flexibility index (Phi) is 4.96. The smallest absolute Gasteiger partial charge is 0.224 e. The van der Waals surface area contributed by atoms with E-state index in [2.05, 4.69) is 9.97 Å². The minimum Gasteiger partial charge on any atom is -0.496 e. The molecular weight excluding hydrogens is 293 g/mol. The van der Waals surface area contributed by atoms with Crippen molar-refractivity contribution in [2.24, 2.45) is 0 Å². The molecule has 0 radical (unpaired) electrons. The summed E-state index contributed by atoms with van der Waals surface area (Å²) < 4.78 is 19.1. The van der Waals surface area contributed by atoms with E-state index in [-0.39, 0.29) is 17.1 Å². The largest absolute Gasteiger partial charge is 0.496 e. The zero-order valence-corrected chi connectivity index (χ0v) is 12.9. The third-order valence-electron chi connectivity index (χ3n) is 3.40. The highest BCUT2D eigenvalue weighted by molar-refractivity contribution is 6.28. The Morgan fingerprint density at radius 2 is 2.10 bits per heavy atom. The second-order valence-corrected chi connectivity index (χ2v) is 5.12. The molecule has 4 nitrogen and oxygen atoms in total. The molecule has 1 atom stereocenters. The highest BCUT2D eigenvalue weighted by Gasteiger charge is 2.18. The number of anilines is 1. The molecule has 0 aliphatic rings. The van der Waals surface area contributed by atoms with Gasteiger partial charge in [-0.15, -0.1) is 0 Å². The molecule has 1 aromatic carbocycles. The van der Waals surface area contributed by atoms with Crippen LogP contribution in [-0.2, 0) is 6.42 Å². The Morgan fingerprint density at radius 3 is 2.81 bits per heavy atom. The summed E-state index contributed by atoms with van der Waals surface area (Å²) in [6.45, 7) is 1.99. The normalized spacial score (nSPS) is 12.0. The van der Waals surface area contributed by atoms with E-state index in [4.69, 9.17) is 16.3 Å². The lowest BCUT2D eigenvalue weighted by Crippen LogP contribution is -2.32. The molecule has 0 spiro atoms. The lowest BCUT2D eigenvalue weighted by molar-refractivity contribution is 0.408. The number of hydrogen-bond acceptors (Lipinski definition) is 4. The van der Waals surface area contributed by atoms with Gasteiger partial charge in [0.2, 0.25) is 5.28 Å². The van der Waals surface area contributed by atoms with Gasteiger partial charge in [-0.1, -0.05) is 18.2 Å². The summed E-state index contributed by atoms with van der Waals surface area (Å²) in [6.07, 6.45) is 1.78. The maximum atomic E-state index is 13.8. The van der Waals surface area contributed by atoms with E-state index in [9.17, 15) is 4.39 Å². The van der Waals surface area contributed by atoms with Crippen LogP contribution in [0.25, 0.3) is 0 Å². The summed E-state index contributed by atoms with van der Waals surface area (Å²) in [5.41, 5.74) is 1.06. The summed E-state index contributed by atoms with van der Waals surface area (Å²) in [4.78, 5) is 9.32. The number of hydrogen-bond donors (Lipinski definition) is 0. The average Bonchev–Trinajstić information content (AvgIpc) is 2.49. The second-order valence-electron chi connectivity index (χ2n) is 4.79. The van der Waals surface area contributed by atoms with Crippen molar-refractivity contribution in [3.8, 4) is 5.75 Å². The van der Waals surface area contributed by atoms with Crippen LogP contribution >= 0.6 is 11.6 Å². The molecule has 0 fully saturated rings. The topological polar surface area (TPSA) is 38.2 Å². The highest BCUT2D eigenvalue weighted by atomic mass is 35.5. The molecule has 0 saturated heterocycles. The standard InChI is InChI=1S/C15H17ClFN3O/c1-10(8-11-6-4-5-7-13(11)21-3)20(2)14-12(17)9-18-15(16)19-14/h4-7,9-10H,8H2,1-3H3. The number of likely N-dealkylation sites (N-methyl/N-ethyl adjacent to an activating group) is 1. The van der Waals surface area contributed by atoms with Gasteiger partial charge in [0.25, 0.3) is 0 Å². The highest BCUT2D eigenvalue weighted by Crippen LogP contribution is 2.23. The monoisotopic (exact) mass is 309 g/mol. The van der Waals surface area contributed by atoms with E-state index in [1.165, 1.54) is 0 Å². The predicted octanol–water partition coefficient (Wildman–Crippen LogP) is 3.35. The molecule has 1 aromatic heterocycles. The third kappa shape index (κ3) is 3.61. The fourth-order valence-corrected chi connectivity index (χ4v) is 2.25. The molecule has 6 heteroatoms. The summed E-state index contributed by atoms with van der Waals surface area (Å²) in [5, 5.41) is 0.0303. The first-order valence-electron chi connectivity index (χ1n) is 6.55. The minimum atomic E-state index is -0.492. The molecule has 0 N–H and O–H groups in total. The van der Waals surface area contributed by atoms with Crippen LogP contribution in [0, 0.1) is 5.82 Å². The number of para-hydroxylation sites is 1. The van der Waals surface area contributed by atoms with Crippen LogP contribution in [0.5, 0.6) is 5.75 Å². The van der Waals surface area contributed by atoms with Gasteiger partial charge in [0.05, 0.1) is 13.3 Å². The van der Waals surface area contributed by atoms with Crippen LogP contribution in [0.1, 0.15) is 12.5 Å². The van der Waals surface area contributed by atoms with Crippen molar-refractivity contribution >= 4 is 17.4 Å². The number of nitrogens with zero attached hydrogens (tertiary/aromatic N) is 3. The van der Waals surface area contributed by atoms with Gasteiger partial charge < -0.3 is 9.64 Å². The molecule has 0 saturated carbocycles. The van der Waals surface area contributed by atoms with Gasteiger partial charge in [0.15, 0.2) is 11.6 Å². The molecule has 21 heavy (non-hydrogen) atoms. The van der Waals surface area contributed by atoms with Crippen LogP contribution in [0.2, 0.25) is 5.28 Å². The van der Waals surface area contributed by atoms with Crippen LogP contribution in [0.3, 0.4) is 0 Å². The summed E-state index contributed by atoms with van der Waals surface area (Å²) in [7, 11) is 3.42. The van der Waals surface area contributed by atoms with Gasteiger partial charge in [0.1, 0.15) is 5.75 Å². The number of rotatable bonds is 5. The third-order valence-corrected chi connectivity index (χ3v) is 3.58. The van der Waals surface area contributed by atoms with Gasteiger partial charge in [-0.25, -0.2) is 9.37 Å². The maximum Gasteiger partial charge on any atom is 0.224 e. The van der Waals surface area contributed by atoms with Crippen LogP contribution in [-0.4, -0.2) is 30.2 Å². The van der Waals surface area contributed by atoms with Gasteiger partial charge in [-0.3, -0.25) is 0 Å². The molecule has 0 bridgehead atoms. The summed E-state index contributed by atoms with van der Waals surface area (Å²) >= 11 is 5.74. The van der Waals surface area contributed by atoms with Crippen LogP contribution < -0.4 is 9.64 Å². The molecule has 0 amide bonds. The molecule has 1 unspecified atom stereocenters. The lowest BCUT2D eigenvalue weighted by Gasteiger charge is -2.26. The Labute approximate surface area is 128 Å². The fraction of sp³-hybridized carbons (Fsp3) is 0.333. The molecule has 1 heterocycles. The molecule has 2 aromatic rings. The van der Waals surface area contributed by atoms with E-state index >= 15 is 0 Å². The number of ether oxygens (including phenoxy) is 1. The first-order chi connectivity index (χ1) is 10.0. The van der Waals surface area contributed by atoms with E-state index < -0.39 is 5.82 Å². The number of halogens is 2. The Bertz CT molecular complexity index is 624. The van der Waals surface area contributed by atoms with Crippen molar-refractivity contribution in [2.45, 2.75) is 19.4 Å². The average molecular weight is 310 g/mol. The molecule has 0 aliphatic carbocycles. The van der Waals surface area contributed by atoms with Crippen molar-refractivity contribution < 1.29 is 9.13 Å². The lowest BCUT2D eigenvalue weighted by atomic mass is 10.1. The first-order valence-corrected chi connectivity index (χ1v) is 6.93. The van der Waals surface area contributed by atoms with E-state index in [1.54, 1.807) is 19.1 Å². The molecule has 112 valence electrons. The number of methoxy groups -OCH3 is 1. The van der Waals surface area contributed by atoms with Gasteiger partial charge in [0, 0.05) is 13.1 Å². The number of benzene rings is 1. The quantitative estimate of drug-likeness (QED) is 0.794. The van der Waals surface area contributed by atoms with E-state index in [0.29, 0.717) is 6.42 Å². The number of aromatic nitrogens is 2. The minimum absolute atomic E-state index is 0.0155. The van der Waals surface area contributed by atoms with Gasteiger partial charge in [-0.05, 0) is 36.6 Å². The van der Waals surface area contributed by atoms with Crippen molar-refractivity contribution in [3.05, 3.63) is 47.1 Å². The Balaban J connectivity index is 2.19. The Hall–Kier alpha value is -1.88. The molecule has 2 rings (SSSR count). The SMILES string of the molecule is COc1ccccc1CC(C)N(C)c1nc(Cl)ncc1F. The predicted molar refractivity (Wildman–Crippen MR) is 81.6 cm³/mol. The van der Waals surface area contributed by atoms with Crippen LogP contribution in [0.15, 0.2) is 30.5 Å². The van der Waals surface area contributed by atoms with Gasteiger partial charge in [-0.2, -0.15) is 4.98 Å². The summed E-state index contributed by atoms with van der Waals surface area (Å²) in [6, 6.07) is 7.78. The zero-order valence-electron chi connectivity index (χ0n) is 12.2. The van der Waals surface area contributed by atoms with Crippen molar-refractivity contribution in [1.29, 1.82) is 0 Å². The van der Waals surface area contributed by atoms with Crippen LogP contribution in [0.4, 0.5) is 10.2 Å². The second kappa shape index (κ2) is 6.72. The molecular formula is C15H17ClFN3O. The fourth-order valence-electron chi connectivity index (χ4n) is 2.12. The van der Waals surface area contributed by atoms with E-state index in [1.807, 2.05) is 31.2 Å². The molecule has 0 aliphatic heterocycles. The maximum absolute atomic E-state index is 13.8. The van der Waals surface area contributed by atoms with Gasteiger partial charge >= 0.3 is 0 Å². The first kappa shape index (κ1) is 15.5. The zero-order chi connectivity index (χ0) is 15.4. The summed E-state index contributed by atoms with van der Waals surface area (Å²) in [5.74, 6) is 0.519. The van der Waals surface area contributed by atoms with Crippen molar-refractivity contribution in [2.75, 3.05) is 19.1 Å². The Morgan fingerprint density at radius 1 is 1.38 bits per heavy atom.